The second-order valence-electron chi connectivity index (χ2n) is 8.55. The lowest BCUT2D eigenvalue weighted by Crippen LogP contribution is -2.30. The van der Waals surface area contributed by atoms with Crippen LogP contribution in [0.25, 0.3) is 10.8 Å². The molecular weight excluding hydrogens is 352 g/mol. The molecule has 2 fully saturated rings. The van der Waals surface area contributed by atoms with Crippen molar-refractivity contribution in [2.75, 3.05) is 0 Å². The Morgan fingerprint density at radius 1 is 0.889 bits per heavy atom. The molecule has 0 bridgehead atoms. The molecule has 146 valence electrons. The molecule has 27 heavy (non-hydrogen) atoms. The van der Waals surface area contributed by atoms with Gasteiger partial charge in [-0.25, -0.2) is 4.39 Å². The molecule has 4 rings (SSSR count). The van der Waals surface area contributed by atoms with Crippen molar-refractivity contribution in [1.29, 1.82) is 0 Å². The van der Waals surface area contributed by atoms with Crippen LogP contribution in [0, 0.1) is 23.6 Å². The van der Waals surface area contributed by atoms with Crippen LogP contribution in [-0.2, 0) is 6.18 Å². The zero-order chi connectivity index (χ0) is 19.2. The maximum Gasteiger partial charge on any atom is 0.419 e. The minimum Gasteiger partial charge on any atom is -0.206 e. The van der Waals surface area contributed by atoms with E-state index in [2.05, 4.69) is 6.92 Å². The molecule has 0 aliphatic heterocycles. The van der Waals surface area contributed by atoms with Crippen LogP contribution in [-0.4, -0.2) is 0 Å². The maximum absolute atomic E-state index is 14.0. The molecule has 2 aliphatic carbocycles. The summed E-state index contributed by atoms with van der Waals surface area (Å²) in [6, 6.07) is 7.54. The van der Waals surface area contributed by atoms with Crippen LogP contribution in [0.4, 0.5) is 17.6 Å². The Balaban J connectivity index is 1.56. The predicted molar refractivity (Wildman–Crippen MR) is 100 cm³/mol. The van der Waals surface area contributed by atoms with Crippen molar-refractivity contribution in [1.82, 2.24) is 0 Å². The topological polar surface area (TPSA) is 0 Å². The van der Waals surface area contributed by atoms with Gasteiger partial charge in [-0.3, -0.25) is 0 Å². The Morgan fingerprint density at radius 3 is 2.37 bits per heavy atom. The van der Waals surface area contributed by atoms with Crippen molar-refractivity contribution >= 4 is 10.8 Å². The standard InChI is InChI=1S/C23H26F4/c1-2-14-3-4-16-10-17(6-5-15(16)9-14)18-7-8-19-12-21(23(25,26)27)22(24)13-20(19)11-18/h7-8,11-17H,2-6,9-10H2,1H3/t14-,15?,16-,17?/m1/s1. The number of fused-ring (bicyclic) bond motifs is 2. The van der Waals surface area contributed by atoms with Gasteiger partial charge in [-0.2, -0.15) is 13.2 Å². The quantitative estimate of drug-likeness (QED) is 0.470. The summed E-state index contributed by atoms with van der Waals surface area (Å²) in [7, 11) is 0. The lowest BCUT2D eigenvalue weighted by atomic mass is 9.63. The largest absolute Gasteiger partial charge is 0.419 e. The van der Waals surface area contributed by atoms with E-state index in [1.54, 1.807) is 6.07 Å². The minimum absolute atomic E-state index is 0.444. The molecule has 0 radical (unpaired) electrons. The molecule has 4 heteroatoms. The molecule has 4 atom stereocenters. The fourth-order valence-corrected chi connectivity index (χ4v) is 5.42. The van der Waals surface area contributed by atoms with Gasteiger partial charge >= 0.3 is 6.18 Å². The first-order valence-corrected chi connectivity index (χ1v) is 10.2. The Hall–Kier alpha value is -1.58. The van der Waals surface area contributed by atoms with Gasteiger partial charge in [0.2, 0.25) is 0 Å². The lowest BCUT2D eigenvalue weighted by molar-refractivity contribution is -0.139. The first-order chi connectivity index (χ1) is 12.8. The van der Waals surface area contributed by atoms with Crippen molar-refractivity contribution in [3.63, 3.8) is 0 Å². The van der Waals surface area contributed by atoms with E-state index < -0.39 is 17.6 Å². The molecule has 2 aromatic rings. The van der Waals surface area contributed by atoms with E-state index in [-0.39, 0.29) is 0 Å². The fraction of sp³-hybridized carbons (Fsp3) is 0.565. The van der Waals surface area contributed by atoms with E-state index in [0.717, 1.165) is 48.3 Å². The van der Waals surface area contributed by atoms with Gasteiger partial charge in [-0.05, 0) is 84.2 Å². The molecule has 0 heterocycles. The smallest absolute Gasteiger partial charge is 0.206 e. The van der Waals surface area contributed by atoms with Crippen LogP contribution >= 0.6 is 0 Å². The Bertz CT molecular complexity index is 823. The predicted octanol–water partition coefficient (Wildman–Crippen LogP) is 7.71. The minimum atomic E-state index is -4.66. The Morgan fingerprint density at radius 2 is 1.63 bits per heavy atom. The second kappa shape index (κ2) is 7.10. The molecule has 2 aromatic carbocycles. The van der Waals surface area contributed by atoms with Gasteiger partial charge in [0.25, 0.3) is 0 Å². The number of hydrogen-bond acceptors (Lipinski definition) is 0. The number of alkyl halides is 3. The van der Waals surface area contributed by atoms with Gasteiger partial charge in [0.1, 0.15) is 5.82 Å². The van der Waals surface area contributed by atoms with Gasteiger partial charge < -0.3 is 0 Å². The highest BCUT2D eigenvalue weighted by molar-refractivity contribution is 5.84. The normalized spacial score (nSPS) is 28.9. The highest BCUT2D eigenvalue weighted by Gasteiger charge is 2.36. The van der Waals surface area contributed by atoms with Crippen LogP contribution < -0.4 is 0 Å². The maximum atomic E-state index is 14.0. The highest BCUT2D eigenvalue weighted by atomic mass is 19.4. The van der Waals surface area contributed by atoms with Crippen molar-refractivity contribution in [2.24, 2.45) is 17.8 Å². The van der Waals surface area contributed by atoms with Crippen LogP contribution in [0.2, 0.25) is 0 Å². The van der Waals surface area contributed by atoms with E-state index >= 15 is 0 Å². The Labute approximate surface area is 158 Å². The van der Waals surface area contributed by atoms with Crippen molar-refractivity contribution in [3.05, 3.63) is 47.3 Å². The lowest BCUT2D eigenvalue weighted by Gasteiger charge is -2.42. The summed E-state index contributed by atoms with van der Waals surface area (Å²) in [5.41, 5.74) is -0.0336. The van der Waals surface area contributed by atoms with Crippen LogP contribution in [0.1, 0.15) is 68.9 Å². The third kappa shape index (κ3) is 3.72. The average Bonchev–Trinajstić information content (AvgIpc) is 2.65. The molecule has 0 amide bonds. The van der Waals surface area contributed by atoms with Crippen LogP contribution in [0.5, 0.6) is 0 Å². The average molecular weight is 378 g/mol. The van der Waals surface area contributed by atoms with Crippen LogP contribution in [0.3, 0.4) is 0 Å². The molecule has 0 aromatic heterocycles. The molecule has 0 saturated heterocycles. The van der Waals surface area contributed by atoms with E-state index in [9.17, 15) is 17.6 Å². The zero-order valence-corrected chi connectivity index (χ0v) is 15.7. The van der Waals surface area contributed by atoms with E-state index in [4.69, 9.17) is 0 Å². The van der Waals surface area contributed by atoms with Crippen molar-refractivity contribution < 1.29 is 17.6 Å². The molecule has 0 spiro atoms. The van der Waals surface area contributed by atoms with Crippen molar-refractivity contribution in [2.45, 2.75) is 64.0 Å². The summed E-state index contributed by atoms with van der Waals surface area (Å²) in [6.07, 6.45) is 4.14. The van der Waals surface area contributed by atoms with Gasteiger partial charge in [0, 0.05) is 0 Å². The number of halogens is 4. The third-order valence-electron chi connectivity index (χ3n) is 7.03. The van der Waals surface area contributed by atoms with Gasteiger partial charge in [0.15, 0.2) is 0 Å². The zero-order valence-electron chi connectivity index (χ0n) is 15.7. The van der Waals surface area contributed by atoms with Gasteiger partial charge in [-0.15, -0.1) is 0 Å². The summed E-state index contributed by atoms with van der Waals surface area (Å²) in [6.45, 7) is 2.29. The fourth-order valence-electron chi connectivity index (χ4n) is 5.42. The molecule has 2 unspecified atom stereocenters. The van der Waals surface area contributed by atoms with Crippen molar-refractivity contribution in [3.8, 4) is 0 Å². The summed E-state index contributed by atoms with van der Waals surface area (Å²) >= 11 is 0. The van der Waals surface area contributed by atoms with E-state index in [0.29, 0.717) is 16.7 Å². The van der Waals surface area contributed by atoms with E-state index in [1.807, 2.05) is 12.1 Å². The van der Waals surface area contributed by atoms with Crippen LogP contribution in [0.15, 0.2) is 30.3 Å². The van der Waals surface area contributed by atoms with Gasteiger partial charge in [0.05, 0.1) is 5.56 Å². The number of hydrogen-bond donors (Lipinski definition) is 0. The molecule has 2 saturated carbocycles. The summed E-state index contributed by atoms with van der Waals surface area (Å²) < 4.78 is 52.7. The summed E-state index contributed by atoms with van der Waals surface area (Å²) in [5.74, 6) is 1.75. The Kier molecular flexibility index (Phi) is 4.94. The molecule has 2 aliphatic rings. The number of rotatable bonds is 2. The highest BCUT2D eigenvalue weighted by Crippen LogP contribution is 2.48. The third-order valence-corrected chi connectivity index (χ3v) is 7.03. The monoisotopic (exact) mass is 378 g/mol. The first kappa shape index (κ1) is 18.8. The second-order valence-corrected chi connectivity index (χ2v) is 8.55. The molecule has 0 nitrogen and oxygen atoms in total. The molecular formula is C23H26F4. The van der Waals surface area contributed by atoms with E-state index in [1.165, 1.54) is 32.1 Å². The first-order valence-electron chi connectivity index (χ1n) is 10.2. The summed E-state index contributed by atoms with van der Waals surface area (Å²) in [5, 5.41) is 1.01. The SMILES string of the molecule is CC[C@@H]1CC[C@@H]2CC(c3ccc4cc(C(F)(F)F)c(F)cc4c3)CCC2C1. The molecule has 0 N–H and O–H groups in total. The van der Waals surface area contributed by atoms with Gasteiger partial charge in [-0.1, -0.05) is 38.0 Å². The summed E-state index contributed by atoms with van der Waals surface area (Å²) in [4.78, 5) is 0. The number of benzene rings is 2.